The first-order valence-corrected chi connectivity index (χ1v) is 19.2. The molecule has 278 valence electrons. The van der Waals surface area contributed by atoms with Gasteiger partial charge < -0.3 is 39.0 Å². The number of fused-ring (bicyclic) bond motifs is 2. The van der Waals surface area contributed by atoms with Crippen LogP contribution in [0.1, 0.15) is 63.7 Å². The Kier molecular flexibility index (Phi) is 9.71. The third kappa shape index (κ3) is 5.97. The van der Waals surface area contributed by atoms with E-state index in [1.165, 1.54) is 44.7 Å². The average Bonchev–Trinajstić information content (AvgIpc) is 3.24. The average molecular weight is 750 g/mol. The van der Waals surface area contributed by atoms with Crippen molar-refractivity contribution in [2.24, 2.45) is 4.99 Å². The maximum absolute atomic E-state index is 13.6. The van der Waals surface area contributed by atoms with Crippen molar-refractivity contribution in [1.82, 2.24) is 20.0 Å². The van der Waals surface area contributed by atoms with Gasteiger partial charge >= 0.3 is 11.9 Å². The number of ether oxygens (including phenoxy) is 4. The summed E-state index contributed by atoms with van der Waals surface area (Å²) in [6.45, 7) is 6.87. The Morgan fingerprint density at radius 3 is 2.10 bits per heavy atom. The predicted molar refractivity (Wildman–Crippen MR) is 184 cm³/mol. The van der Waals surface area contributed by atoms with Crippen LogP contribution >= 0.6 is 11.8 Å². The largest absolute Gasteiger partial charge is 0.496 e. The summed E-state index contributed by atoms with van der Waals surface area (Å²) in [7, 11) is -1.23. The van der Waals surface area contributed by atoms with Gasteiger partial charge in [-0.2, -0.15) is 0 Å². The monoisotopic (exact) mass is 749 g/mol. The molecule has 5 aliphatic rings. The van der Waals surface area contributed by atoms with Gasteiger partial charge in [0.1, 0.15) is 45.3 Å². The number of benzene rings is 1. The molecule has 5 heterocycles. The van der Waals surface area contributed by atoms with E-state index in [-0.39, 0.29) is 17.1 Å². The number of sulfone groups is 1. The van der Waals surface area contributed by atoms with Crippen LogP contribution in [0.4, 0.5) is 0 Å². The first-order chi connectivity index (χ1) is 24.1. The van der Waals surface area contributed by atoms with E-state index in [9.17, 15) is 32.4 Å². The number of carbonyl (C=O) groups is 5. The molecule has 0 spiro atoms. The summed E-state index contributed by atoms with van der Waals surface area (Å²) in [5, 5.41) is 0.821. The summed E-state index contributed by atoms with van der Waals surface area (Å²) < 4.78 is 45.8. The molecule has 1 N–H and O–H groups in total. The summed E-state index contributed by atoms with van der Waals surface area (Å²) in [5.74, 6) is -3.08. The van der Waals surface area contributed by atoms with Crippen LogP contribution in [0.2, 0.25) is 0 Å². The SMILES string of the molecule is COc1cccc(OC)c1C(=O)N[C@@H]1C(=O)N2[C@@H]1SC(C)(C)[C@@H]2C(=O)OCOC(=O)[C@@H]1N2C(=O)[C@@H](N=CN3CCCCCC3)[C@H]2S(=O)(=O)C1(C)C. The van der Waals surface area contributed by atoms with Crippen molar-refractivity contribution in [2.45, 2.75) is 97.8 Å². The van der Waals surface area contributed by atoms with Crippen LogP contribution in [0.15, 0.2) is 23.2 Å². The first-order valence-electron chi connectivity index (χ1n) is 16.8. The van der Waals surface area contributed by atoms with Gasteiger partial charge in [0.2, 0.25) is 12.7 Å². The molecule has 0 aromatic heterocycles. The molecule has 3 amide bonds. The van der Waals surface area contributed by atoms with Crippen molar-refractivity contribution in [3.63, 3.8) is 0 Å². The highest BCUT2D eigenvalue weighted by molar-refractivity contribution is 8.01. The highest BCUT2D eigenvalue weighted by atomic mass is 32.2. The van der Waals surface area contributed by atoms with Crippen molar-refractivity contribution in [3.8, 4) is 11.5 Å². The van der Waals surface area contributed by atoms with Crippen LogP contribution in [-0.4, -0.2) is 138 Å². The molecule has 0 bridgehead atoms. The van der Waals surface area contributed by atoms with E-state index >= 15 is 0 Å². The molecule has 0 radical (unpaired) electrons. The maximum Gasteiger partial charge on any atom is 0.333 e. The third-order valence-corrected chi connectivity index (χ3v) is 14.7. The second-order valence-corrected chi connectivity index (χ2v) is 18.5. The maximum atomic E-state index is 13.6. The van der Waals surface area contributed by atoms with Crippen molar-refractivity contribution < 1.29 is 51.3 Å². The van der Waals surface area contributed by atoms with Crippen molar-refractivity contribution in [2.75, 3.05) is 34.1 Å². The Morgan fingerprint density at radius 2 is 1.51 bits per heavy atom. The quantitative estimate of drug-likeness (QED) is 0.117. The minimum atomic E-state index is -4.05. The highest BCUT2D eigenvalue weighted by Crippen LogP contribution is 2.51. The summed E-state index contributed by atoms with van der Waals surface area (Å²) in [6.07, 6.45) is 5.70. The van der Waals surface area contributed by atoms with Crippen molar-refractivity contribution in [3.05, 3.63) is 23.8 Å². The molecular formula is C33H43N5O11S2. The van der Waals surface area contributed by atoms with E-state index in [4.69, 9.17) is 18.9 Å². The fourth-order valence-electron chi connectivity index (χ4n) is 7.50. The molecule has 16 nitrogen and oxygen atoms in total. The van der Waals surface area contributed by atoms with Gasteiger partial charge in [-0.15, -0.1) is 11.8 Å². The van der Waals surface area contributed by atoms with E-state index in [0.717, 1.165) is 43.7 Å². The number of esters is 2. The number of nitrogens with zero attached hydrogens (tertiary/aromatic N) is 4. The lowest BCUT2D eigenvalue weighted by molar-refractivity contribution is -0.181. The van der Waals surface area contributed by atoms with Crippen molar-refractivity contribution >= 4 is 57.6 Å². The van der Waals surface area contributed by atoms with Crippen LogP contribution in [-0.2, 0) is 38.5 Å². The number of likely N-dealkylation sites (tertiary alicyclic amines) is 1. The number of nitrogens with one attached hydrogen (secondary N) is 1. The van der Waals surface area contributed by atoms with Crippen LogP contribution in [0, 0.1) is 0 Å². The van der Waals surface area contributed by atoms with E-state index in [1.807, 2.05) is 4.90 Å². The summed E-state index contributed by atoms with van der Waals surface area (Å²) in [4.78, 5) is 75.1. The smallest absolute Gasteiger partial charge is 0.333 e. The molecule has 1 aromatic carbocycles. The molecule has 18 heteroatoms. The van der Waals surface area contributed by atoms with Gasteiger partial charge in [0, 0.05) is 17.8 Å². The second-order valence-electron chi connectivity index (χ2n) is 14.1. The number of rotatable bonds is 10. The third-order valence-electron chi connectivity index (χ3n) is 10.3. The highest BCUT2D eigenvalue weighted by Gasteiger charge is 2.73. The fraction of sp³-hybridized carbons (Fsp3) is 0.636. The minimum Gasteiger partial charge on any atom is -0.496 e. The van der Waals surface area contributed by atoms with E-state index < -0.39 is 90.7 Å². The molecular weight excluding hydrogens is 707 g/mol. The molecule has 5 fully saturated rings. The second kappa shape index (κ2) is 13.5. The van der Waals surface area contributed by atoms with E-state index in [1.54, 1.807) is 38.4 Å². The number of amides is 3. The molecule has 0 unspecified atom stereocenters. The van der Waals surface area contributed by atoms with Gasteiger partial charge in [-0.05, 0) is 52.7 Å². The number of thioether (sulfide) groups is 1. The Morgan fingerprint density at radius 1 is 0.922 bits per heavy atom. The Balaban J connectivity index is 1.07. The van der Waals surface area contributed by atoms with Crippen LogP contribution < -0.4 is 14.8 Å². The Bertz CT molecular complexity index is 1740. The number of methoxy groups -OCH3 is 2. The van der Waals surface area contributed by atoms with Crippen LogP contribution in [0.5, 0.6) is 11.5 Å². The van der Waals surface area contributed by atoms with Gasteiger partial charge in [-0.25, -0.2) is 18.0 Å². The molecule has 5 saturated heterocycles. The van der Waals surface area contributed by atoms with Gasteiger partial charge in [-0.1, -0.05) is 18.9 Å². The topological polar surface area (TPSA) is 191 Å². The lowest BCUT2D eigenvalue weighted by Crippen LogP contribution is -2.70. The van der Waals surface area contributed by atoms with Gasteiger partial charge in [0.25, 0.3) is 11.8 Å². The first kappa shape index (κ1) is 36.7. The van der Waals surface area contributed by atoms with Gasteiger partial charge in [0.15, 0.2) is 21.3 Å². The zero-order chi connectivity index (χ0) is 37.0. The summed E-state index contributed by atoms with van der Waals surface area (Å²) in [6, 6.07) is 0.174. The Hall–Kier alpha value is -4.06. The van der Waals surface area contributed by atoms with E-state index in [0.29, 0.717) is 0 Å². The normalized spacial score (nSPS) is 30.0. The number of β-lactam (4-membered cyclic amide) rings is 2. The molecule has 6 rings (SSSR count). The molecule has 0 saturated carbocycles. The van der Waals surface area contributed by atoms with Crippen molar-refractivity contribution in [1.29, 1.82) is 0 Å². The number of carbonyl (C=O) groups excluding carboxylic acids is 5. The minimum absolute atomic E-state index is 0.120. The fourth-order valence-corrected chi connectivity index (χ4v) is 11.3. The molecule has 6 atom stereocenters. The Labute approximate surface area is 300 Å². The lowest BCUT2D eigenvalue weighted by Gasteiger charge is -2.44. The lowest BCUT2D eigenvalue weighted by atomic mass is 9.95. The number of hydrogen-bond donors (Lipinski definition) is 1. The van der Waals surface area contributed by atoms with Crippen LogP contribution in [0.25, 0.3) is 0 Å². The molecule has 0 aliphatic carbocycles. The molecule has 5 aliphatic heterocycles. The van der Waals surface area contributed by atoms with Gasteiger partial charge in [-0.3, -0.25) is 19.4 Å². The van der Waals surface area contributed by atoms with Crippen LogP contribution in [0.3, 0.4) is 0 Å². The standard InChI is InChI=1S/C33H43N5O11S2/c1-32(2)23(37-26(40)21(28(37)50-32)35-25(39)20-18(46-5)12-11-13-19(20)47-6)30(42)48-17-49-31(43)24-33(3,4)51(44,45)29-22(27(41)38(24)29)34-16-36-14-9-7-8-10-15-36/h11-13,16,21-24,28-29H,7-10,14-15,17H2,1-6H3,(H,35,39)/t21-,22-,23+,24+,28-,29-/m1/s1. The zero-order valence-corrected chi connectivity index (χ0v) is 31.0. The zero-order valence-electron chi connectivity index (χ0n) is 29.3. The van der Waals surface area contributed by atoms with E-state index in [2.05, 4.69) is 10.3 Å². The summed E-state index contributed by atoms with van der Waals surface area (Å²) in [5.41, 5.74) is 0.120. The molecule has 51 heavy (non-hydrogen) atoms. The number of hydrogen-bond acceptors (Lipinski definition) is 13. The van der Waals surface area contributed by atoms with Gasteiger partial charge in [0.05, 0.1) is 20.6 Å². The molecule has 1 aromatic rings. The number of aliphatic imine (C=N–C) groups is 1. The summed E-state index contributed by atoms with van der Waals surface area (Å²) >= 11 is 1.30. The predicted octanol–water partition coefficient (Wildman–Crippen LogP) is 0.925.